The van der Waals surface area contributed by atoms with Gasteiger partial charge in [-0.15, -0.1) is 0 Å². The summed E-state index contributed by atoms with van der Waals surface area (Å²) in [5.41, 5.74) is 5.62. The molecule has 0 saturated heterocycles. The summed E-state index contributed by atoms with van der Waals surface area (Å²) in [7, 11) is 0. The molecule has 0 saturated carbocycles. The molecule has 3 aliphatic rings. The predicted octanol–water partition coefficient (Wildman–Crippen LogP) is 2.22. The maximum atomic E-state index is 12.4. The van der Waals surface area contributed by atoms with E-state index >= 15 is 0 Å². The molecule has 146 valence electrons. The normalized spacial score (nSPS) is 14.0. The fourth-order valence-electron chi connectivity index (χ4n) is 4.08. The van der Waals surface area contributed by atoms with Crippen molar-refractivity contribution in [2.45, 2.75) is 33.5 Å². The molecule has 2 aromatic carbocycles. The Morgan fingerprint density at radius 1 is 0.966 bits per heavy atom. The average molecular weight is 387 g/mol. The van der Waals surface area contributed by atoms with E-state index in [2.05, 4.69) is 50.2 Å². The first kappa shape index (κ1) is 17.8. The van der Waals surface area contributed by atoms with Crippen LogP contribution in [-0.2, 0) is 19.6 Å². The van der Waals surface area contributed by atoms with Crippen LogP contribution in [0.1, 0.15) is 22.3 Å². The van der Waals surface area contributed by atoms with Crippen LogP contribution in [0.25, 0.3) is 22.6 Å². The molecule has 0 fully saturated rings. The van der Waals surface area contributed by atoms with Crippen molar-refractivity contribution in [2.24, 2.45) is 0 Å². The molecule has 0 aromatic heterocycles. The number of nitrogens with one attached hydrogen (secondary N) is 1. The molecule has 5 rings (SSSR count). The number of aromatic nitrogens is 4. The highest BCUT2D eigenvalue weighted by Gasteiger charge is 2.22. The van der Waals surface area contributed by atoms with E-state index in [-0.39, 0.29) is 5.69 Å². The van der Waals surface area contributed by atoms with Gasteiger partial charge in [-0.3, -0.25) is 14.7 Å². The van der Waals surface area contributed by atoms with Gasteiger partial charge in [-0.2, -0.15) is 4.98 Å². The Morgan fingerprint density at radius 2 is 1.66 bits per heavy atom. The second-order valence-electron chi connectivity index (χ2n) is 7.71. The lowest BCUT2D eigenvalue weighted by Crippen LogP contribution is -2.30. The van der Waals surface area contributed by atoms with Crippen LogP contribution in [0.2, 0.25) is 0 Å². The van der Waals surface area contributed by atoms with E-state index in [1.807, 2.05) is 24.5 Å². The topological polar surface area (TPSA) is 83.9 Å². The quantitative estimate of drug-likeness (QED) is 0.545. The largest absolute Gasteiger partial charge is 0.349 e. The van der Waals surface area contributed by atoms with Crippen LogP contribution in [0.5, 0.6) is 0 Å². The van der Waals surface area contributed by atoms with Crippen LogP contribution in [0.4, 0.5) is 0 Å². The Hall–Kier alpha value is -3.32. The molecular formula is C22H21N5O2. The van der Waals surface area contributed by atoms with Gasteiger partial charge in [0.2, 0.25) is 0 Å². The average Bonchev–Trinajstić information content (AvgIpc) is 3.10. The highest BCUT2D eigenvalue weighted by Crippen LogP contribution is 2.25. The molecule has 0 spiro atoms. The van der Waals surface area contributed by atoms with Gasteiger partial charge in [0.15, 0.2) is 11.5 Å². The summed E-state index contributed by atoms with van der Waals surface area (Å²) in [4.78, 5) is 37.5. The third kappa shape index (κ3) is 3.03. The van der Waals surface area contributed by atoms with E-state index in [1.165, 1.54) is 11.1 Å². The number of hydrogen-bond donors (Lipinski definition) is 1. The van der Waals surface area contributed by atoms with Gasteiger partial charge >= 0.3 is 5.69 Å². The Bertz CT molecular complexity index is 1310. The van der Waals surface area contributed by atoms with Crippen LogP contribution in [-0.4, -0.2) is 31.0 Å². The molecule has 3 heterocycles. The van der Waals surface area contributed by atoms with Crippen molar-refractivity contribution in [1.82, 2.24) is 24.4 Å². The molecule has 0 aliphatic carbocycles. The van der Waals surface area contributed by atoms with Crippen LogP contribution in [0.3, 0.4) is 0 Å². The maximum Gasteiger partial charge on any atom is 0.349 e. The van der Waals surface area contributed by atoms with Crippen molar-refractivity contribution in [2.75, 3.05) is 6.54 Å². The van der Waals surface area contributed by atoms with Gasteiger partial charge in [-0.1, -0.05) is 24.3 Å². The Balaban J connectivity index is 1.60. The molecule has 7 nitrogen and oxygen atoms in total. The fourth-order valence-corrected chi connectivity index (χ4v) is 4.08. The molecule has 0 bridgehead atoms. The molecule has 3 aliphatic heterocycles. The third-order valence-corrected chi connectivity index (χ3v) is 5.77. The van der Waals surface area contributed by atoms with E-state index in [4.69, 9.17) is 0 Å². The molecule has 0 amide bonds. The van der Waals surface area contributed by atoms with E-state index < -0.39 is 11.2 Å². The van der Waals surface area contributed by atoms with Crippen LogP contribution < -0.4 is 11.2 Å². The monoisotopic (exact) mass is 387 g/mol. The minimum Gasteiger partial charge on any atom is -0.321 e. The number of aromatic amines is 1. The van der Waals surface area contributed by atoms with Gasteiger partial charge in [0, 0.05) is 26.2 Å². The second kappa shape index (κ2) is 6.63. The lowest BCUT2D eigenvalue weighted by molar-refractivity contribution is 0.273. The van der Waals surface area contributed by atoms with Gasteiger partial charge in [-0.25, -0.2) is 9.78 Å². The molecular weight excluding hydrogens is 366 g/mol. The van der Waals surface area contributed by atoms with E-state index in [1.54, 1.807) is 0 Å². The molecule has 0 radical (unpaired) electrons. The van der Waals surface area contributed by atoms with Crippen molar-refractivity contribution in [3.63, 3.8) is 0 Å². The molecule has 29 heavy (non-hydrogen) atoms. The molecule has 0 unspecified atom stereocenters. The highest BCUT2D eigenvalue weighted by molar-refractivity contribution is 5.81. The first-order chi connectivity index (χ1) is 14.0. The Kier molecular flexibility index (Phi) is 4.06. The first-order valence-corrected chi connectivity index (χ1v) is 9.70. The van der Waals surface area contributed by atoms with Gasteiger partial charge in [0.05, 0.1) is 11.0 Å². The second-order valence-corrected chi connectivity index (χ2v) is 7.71. The third-order valence-electron chi connectivity index (χ3n) is 5.77. The lowest BCUT2D eigenvalue weighted by atomic mass is 10.1. The van der Waals surface area contributed by atoms with Crippen LogP contribution >= 0.6 is 0 Å². The van der Waals surface area contributed by atoms with E-state index in [0.29, 0.717) is 12.4 Å². The zero-order valence-electron chi connectivity index (χ0n) is 16.4. The van der Waals surface area contributed by atoms with Crippen molar-refractivity contribution in [1.29, 1.82) is 0 Å². The van der Waals surface area contributed by atoms with E-state index in [9.17, 15) is 9.59 Å². The summed E-state index contributed by atoms with van der Waals surface area (Å²) in [6.07, 6.45) is 0. The lowest BCUT2D eigenvalue weighted by Gasteiger charge is -2.21. The van der Waals surface area contributed by atoms with Crippen molar-refractivity contribution < 1.29 is 0 Å². The van der Waals surface area contributed by atoms with Gasteiger partial charge < -0.3 is 4.57 Å². The number of benzene rings is 2. The Morgan fingerprint density at radius 3 is 2.38 bits per heavy atom. The maximum absolute atomic E-state index is 12.4. The predicted molar refractivity (Wildman–Crippen MR) is 111 cm³/mol. The number of nitrogens with zero attached hydrogens (tertiary/aromatic N) is 4. The van der Waals surface area contributed by atoms with Gasteiger partial charge in [0.25, 0.3) is 5.56 Å². The number of fused-ring (bicyclic) bond motifs is 3. The minimum atomic E-state index is -0.644. The molecule has 0 atom stereocenters. The zero-order chi connectivity index (χ0) is 20.1. The fraction of sp³-hybridized carbons (Fsp3) is 0.273. The minimum absolute atomic E-state index is 0.199. The van der Waals surface area contributed by atoms with Crippen LogP contribution in [0.15, 0.2) is 46.0 Å². The van der Waals surface area contributed by atoms with Crippen LogP contribution in [0, 0.1) is 13.8 Å². The van der Waals surface area contributed by atoms with Gasteiger partial charge in [-0.05, 0) is 48.2 Å². The summed E-state index contributed by atoms with van der Waals surface area (Å²) >= 11 is 0. The van der Waals surface area contributed by atoms with Crippen molar-refractivity contribution in [3.05, 3.63) is 79.5 Å². The summed E-state index contributed by atoms with van der Waals surface area (Å²) < 4.78 is 1.96. The number of rotatable bonds is 3. The molecule has 1 N–H and O–H groups in total. The highest BCUT2D eigenvalue weighted by atomic mass is 16.2. The summed E-state index contributed by atoms with van der Waals surface area (Å²) in [5, 5.41) is 0. The smallest absolute Gasteiger partial charge is 0.321 e. The standard InChI is InChI=1S/C22H21N5O2/c1-13-9-17-18(10-14(13)2)27(20-19(23-17)21(28)25-22(29)24-20)8-7-26-11-15-5-3-4-6-16(15)12-26/h3-6,9-10H,7-8,11-12H2,1-2H3,(H,25,28,29). The summed E-state index contributed by atoms with van der Waals surface area (Å²) in [6, 6.07) is 12.5. The number of hydrogen-bond acceptors (Lipinski definition) is 5. The summed E-state index contributed by atoms with van der Waals surface area (Å²) in [5.74, 6) is 0.339. The SMILES string of the molecule is Cc1cc2nc3c(=O)[nH]c(=O)nc-3n(CCN3Cc4ccccc4C3)c2cc1C. The number of H-pyrrole nitrogens is 1. The molecule has 2 aromatic rings. The van der Waals surface area contributed by atoms with Gasteiger partial charge in [0.1, 0.15) is 0 Å². The Labute approximate surface area is 167 Å². The number of aryl methyl sites for hydroxylation is 2. The zero-order valence-corrected chi connectivity index (χ0v) is 16.4. The van der Waals surface area contributed by atoms with Crippen molar-refractivity contribution >= 4 is 11.0 Å². The first-order valence-electron chi connectivity index (χ1n) is 9.70. The van der Waals surface area contributed by atoms with Crippen molar-refractivity contribution in [3.8, 4) is 11.5 Å². The molecule has 7 heteroatoms. The summed E-state index contributed by atoms with van der Waals surface area (Å²) in [6.45, 7) is 7.26. The van der Waals surface area contributed by atoms with E-state index in [0.717, 1.165) is 41.8 Å².